The van der Waals surface area contributed by atoms with Crippen LogP contribution in [0.25, 0.3) is 0 Å². The number of piperazine rings is 1. The lowest BCUT2D eigenvalue weighted by Crippen LogP contribution is -2.46. The van der Waals surface area contributed by atoms with E-state index in [1.165, 1.54) is 12.1 Å². The molecule has 2 heterocycles. The van der Waals surface area contributed by atoms with Crippen molar-refractivity contribution < 1.29 is 4.92 Å². The van der Waals surface area contributed by atoms with Gasteiger partial charge in [0.15, 0.2) is 0 Å². The van der Waals surface area contributed by atoms with E-state index in [1.807, 2.05) is 12.1 Å². The van der Waals surface area contributed by atoms with Crippen molar-refractivity contribution in [1.29, 1.82) is 5.26 Å². The van der Waals surface area contributed by atoms with Gasteiger partial charge in [-0.25, -0.2) is 4.98 Å². The van der Waals surface area contributed by atoms with Gasteiger partial charge in [-0.15, -0.1) is 0 Å². The standard InChI is InChI=1S/C16H15N5O2/c17-12-13-2-1-3-16(18-13)20-10-8-19(9-11-20)14-4-6-15(7-5-14)21(22)23/h1-7H,8-11H2. The summed E-state index contributed by atoms with van der Waals surface area (Å²) in [6.07, 6.45) is 0. The van der Waals surface area contributed by atoms with E-state index >= 15 is 0 Å². The number of hydrogen-bond donors (Lipinski definition) is 0. The zero-order valence-electron chi connectivity index (χ0n) is 12.4. The Morgan fingerprint density at radius 2 is 1.70 bits per heavy atom. The molecule has 7 nitrogen and oxygen atoms in total. The molecule has 2 aromatic rings. The van der Waals surface area contributed by atoms with Crippen molar-refractivity contribution in [3.63, 3.8) is 0 Å². The molecule has 1 saturated heterocycles. The van der Waals surface area contributed by atoms with Crippen LogP contribution in [0.4, 0.5) is 17.2 Å². The molecule has 0 atom stereocenters. The summed E-state index contributed by atoms with van der Waals surface area (Å²) < 4.78 is 0. The van der Waals surface area contributed by atoms with Gasteiger partial charge in [0.2, 0.25) is 0 Å². The van der Waals surface area contributed by atoms with Crippen LogP contribution in [0.3, 0.4) is 0 Å². The third-order valence-electron chi connectivity index (χ3n) is 3.88. The van der Waals surface area contributed by atoms with Gasteiger partial charge in [0.1, 0.15) is 17.6 Å². The molecule has 1 aliphatic heterocycles. The van der Waals surface area contributed by atoms with Crippen LogP contribution in [0.2, 0.25) is 0 Å². The Morgan fingerprint density at radius 1 is 1.04 bits per heavy atom. The monoisotopic (exact) mass is 309 g/mol. The number of rotatable bonds is 3. The summed E-state index contributed by atoms with van der Waals surface area (Å²) in [5.41, 5.74) is 1.50. The third-order valence-corrected chi connectivity index (χ3v) is 3.88. The molecule has 0 unspecified atom stereocenters. The van der Waals surface area contributed by atoms with Gasteiger partial charge in [-0.2, -0.15) is 5.26 Å². The minimum absolute atomic E-state index is 0.102. The van der Waals surface area contributed by atoms with Gasteiger partial charge >= 0.3 is 0 Å². The van der Waals surface area contributed by atoms with E-state index < -0.39 is 4.92 Å². The minimum atomic E-state index is -0.393. The molecule has 0 aliphatic carbocycles. The molecule has 0 saturated carbocycles. The molecule has 0 spiro atoms. The first-order chi connectivity index (χ1) is 11.2. The average molecular weight is 309 g/mol. The second-order valence-corrected chi connectivity index (χ2v) is 5.24. The van der Waals surface area contributed by atoms with E-state index in [0.717, 1.165) is 37.7 Å². The van der Waals surface area contributed by atoms with Gasteiger partial charge < -0.3 is 9.80 Å². The summed E-state index contributed by atoms with van der Waals surface area (Å²) >= 11 is 0. The molecule has 0 N–H and O–H groups in total. The smallest absolute Gasteiger partial charge is 0.269 e. The maximum atomic E-state index is 10.7. The molecule has 0 radical (unpaired) electrons. The van der Waals surface area contributed by atoms with E-state index in [9.17, 15) is 10.1 Å². The van der Waals surface area contributed by atoms with E-state index in [1.54, 1.807) is 18.2 Å². The molecule has 0 amide bonds. The lowest BCUT2D eigenvalue weighted by Gasteiger charge is -2.36. The highest BCUT2D eigenvalue weighted by Crippen LogP contribution is 2.22. The number of pyridine rings is 1. The van der Waals surface area contributed by atoms with Crippen LogP contribution in [0.15, 0.2) is 42.5 Å². The second-order valence-electron chi connectivity index (χ2n) is 5.24. The maximum Gasteiger partial charge on any atom is 0.269 e. The lowest BCUT2D eigenvalue weighted by atomic mass is 10.2. The number of benzene rings is 1. The molecule has 1 aliphatic rings. The molecule has 1 fully saturated rings. The fourth-order valence-electron chi connectivity index (χ4n) is 2.64. The molecule has 7 heteroatoms. The van der Waals surface area contributed by atoms with E-state index in [2.05, 4.69) is 20.9 Å². The molecule has 23 heavy (non-hydrogen) atoms. The number of aromatic nitrogens is 1. The first kappa shape index (κ1) is 14.8. The molecule has 116 valence electrons. The Morgan fingerprint density at radius 3 is 2.30 bits per heavy atom. The number of nitrogens with zero attached hydrogens (tertiary/aromatic N) is 5. The maximum absolute atomic E-state index is 10.7. The van der Waals surface area contributed by atoms with Gasteiger partial charge in [-0.3, -0.25) is 10.1 Å². The van der Waals surface area contributed by atoms with Crippen LogP contribution in [0.5, 0.6) is 0 Å². The van der Waals surface area contributed by atoms with Crippen LogP contribution in [0, 0.1) is 21.4 Å². The zero-order valence-corrected chi connectivity index (χ0v) is 12.4. The zero-order chi connectivity index (χ0) is 16.2. The fraction of sp³-hybridized carbons (Fsp3) is 0.250. The Balaban J connectivity index is 1.66. The van der Waals surface area contributed by atoms with Crippen LogP contribution in [0.1, 0.15) is 5.69 Å². The van der Waals surface area contributed by atoms with Gasteiger partial charge in [-0.05, 0) is 24.3 Å². The van der Waals surface area contributed by atoms with Crippen molar-refractivity contribution in [1.82, 2.24) is 4.98 Å². The number of nitriles is 1. The van der Waals surface area contributed by atoms with E-state index in [4.69, 9.17) is 5.26 Å². The quantitative estimate of drug-likeness (QED) is 0.638. The molecular weight excluding hydrogens is 294 g/mol. The van der Waals surface area contributed by atoms with Crippen molar-refractivity contribution in [2.75, 3.05) is 36.0 Å². The highest BCUT2D eigenvalue weighted by atomic mass is 16.6. The van der Waals surface area contributed by atoms with E-state index in [-0.39, 0.29) is 5.69 Å². The van der Waals surface area contributed by atoms with Crippen LogP contribution in [-0.2, 0) is 0 Å². The Hall–Kier alpha value is -3.14. The number of anilines is 2. The van der Waals surface area contributed by atoms with Crippen molar-refractivity contribution in [2.45, 2.75) is 0 Å². The van der Waals surface area contributed by atoms with Crippen molar-refractivity contribution in [3.05, 3.63) is 58.3 Å². The van der Waals surface area contributed by atoms with Gasteiger partial charge in [0, 0.05) is 44.0 Å². The first-order valence-corrected chi connectivity index (χ1v) is 7.29. The number of nitro benzene ring substituents is 1. The molecule has 1 aromatic carbocycles. The number of non-ortho nitro benzene ring substituents is 1. The van der Waals surface area contributed by atoms with Crippen molar-refractivity contribution in [2.24, 2.45) is 0 Å². The highest BCUT2D eigenvalue weighted by molar-refractivity contribution is 5.53. The summed E-state index contributed by atoms with van der Waals surface area (Å²) in [6, 6.07) is 14.1. The van der Waals surface area contributed by atoms with Crippen molar-refractivity contribution in [3.8, 4) is 6.07 Å². The minimum Gasteiger partial charge on any atom is -0.368 e. The largest absolute Gasteiger partial charge is 0.368 e. The molecule has 1 aromatic heterocycles. The summed E-state index contributed by atoms with van der Waals surface area (Å²) in [7, 11) is 0. The van der Waals surface area contributed by atoms with E-state index in [0.29, 0.717) is 5.69 Å². The number of hydrogen-bond acceptors (Lipinski definition) is 6. The Kier molecular flexibility index (Phi) is 4.06. The summed E-state index contributed by atoms with van der Waals surface area (Å²) in [4.78, 5) is 18.9. The van der Waals surface area contributed by atoms with Crippen LogP contribution < -0.4 is 9.80 Å². The van der Waals surface area contributed by atoms with Crippen molar-refractivity contribution >= 4 is 17.2 Å². The van der Waals surface area contributed by atoms with Gasteiger partial charge in [-0.1, -0.05) is 6.07 Å². The predicted octanol–water partition coefficient (Wildman–Crippen LogP) is 2.19. The SMILES string of the molecule is N#Cc1cccc(N2CCN(c3ccc([N+](=O)[O-])cc3)CC2)n1. The summed E-state index contributed by atoms with van der Waals surface area (Å²) in [5.74, 6) is 0.812. The van der Waals surface area contributed by atoms with Gasteiger partial charge in [0.05, 0.1) is 4.92 Å². The van der Waals surface area contributed by atoms with Gasteiger partial charge in [0.25, 0.3) is 5.69 Å². The first-order valence-electron chi connectivity index (χ1n) is 7.29. The third kappa shape index (κ3) is 3.21. The topological polar surface area (TPSA) is 86.3 Å². The predicted molar refractivity (Wildman–Crippen MR) is 86.5 cm³/mol. The lowest BCUT2D eigenvalue weighted by molar-refractivity contribution is -0.384. The molecular formula is C16H15N5O2. The summed E-state index contributed by atoms with van der Waals surface area (Å²) in [6.45, 7) is 3.18. The average Bonchev–Trinajstić information content (AvgIpc) is 2.62. The van der Waals surface area contributed by atoms with Crippen LogP contribution >= 0.6 is 0 Å². The fourth-order valence-corrected chi connectivity index (χ4v) is 2.64. The summed E-state index contributed by atoms with van der Waals surface area (Å²) in [5, 5.41) is 19.6. The molecule has 3 rings (SSSR count). The van der Waals surface area contributed by atoms with Crippen LogP contribution in [-0.4, -0.2) is 36.1 Å². The Labute approximate surface area is 133 Å². The number of nitro groups is 1. The Bertz CT molecular complexity index is 746. The normalized spacial score (nSPS) is 14.4. The second kappa shape index (κ2) is 6.32. The highest BCUT2D eigenvalue weighted by Gasteiger charge is 2.19. The molecule has 0 bridgehead atoms.